The molecule has 0 aliphatic rings. The summed E-state index contributed by atoms with van der Waals surface area (Å²) in [4.78, 5) is 15.9. The highest BCUT2D eigenvalue weighted by Gasteiger charge is 2.12. The molecule has 5 heteroatoms. The lowest BCUT2D eigenvalue weighted by molar-refractivity contribution is 0.0601. The number of nitrogens with zero attached hydrogens (tertiary/aromatic N) is 2. The number of rotatable bonds is 4. The molecule has 0 atom stereocenters. The van der Waals surface area contributed by atoms with Crippen LogP contribution in [0.15, 0.2) is 53.1 Å². The Morgan fingerprint density at radius 2 is 1.62 bits per heavy atom. The maximum Gasteiger partial charge on any atom is 0.337 e. The molecule has 3 aromatic rings. The van der Waals surface area contributed by atoms with Crippen molar-refractivity contribution in [2.24, 2.45) is 0 Å². The summed E-state index contributed by atoms with van der Waals surface area (Å²) in [5.74, 6) is 1.05. The molecule has 1 heterocycles. The average molecular weight is 322 g/mol. The van der Waals surface area contributed by atoms with Gasteiger partial charge in [0.1, 0.15) is 0 Å². The van der Waals surface area contributed by atoms with Gasteiger partial charge in [-0.25, -0.2) is 4.79 Å². The van der Waals surface area contributed by atoms with E-state index in [-0.39, 0.29) is 5.97 Å². The van der Waals surface area contributed by atoms with E-state index in [9.17, 15) is 4.79 Å². The van der Waals surface area contributed by atoms with Gasteiger partial charge < -0.3 is 9.26 Å². The van der Waals surface area contributed by atoms with Crippen molar-refractivity contribution in [2.75, 3.05) is 7.11 Å². The molecule has 0 fully saturated rings. The standard InChI is InChI=1S/C19H18N2O3/c1-12(2)13-4-8-15(9-5-13)18-20-17(21-24-18)14-6-10-16(11-7-14)19(22)23-3/h4-12H,1-3H3. The summed E-state index contributed by atoms with van der Waals surface area (Å²) in [6, 6.07) is 15.0. The number of ether oxygens (including phenoxy) is 1. The molecule has 0 spiro atoms. The zero-order chi connectivity index (χ0) is 17.1. The Labute approximate surface area is 140 Å². The minimum absolute atomic E-state index is 0.374. The lowest BCUT2D eigenvalue weighted by atomic mass is 10.0. The smallest absolute Gasteiger partial charge is 0.337 e. The van der Waals surface area contributed by atoms with Gasteiger partial charge in [0.25, 0.3) is 5.89 Å². The van der Waals surface area contributed by atoms with E-state index < -0.39 is 0 Å². The zero-order valence-electron chi connectivity index (χ0n) is 13.8. The maximum atomic E-state index is 11.5. The van der Waals surface area contributed by atoms with Gasteiger partial charge in [0.05, 0.1) is 12.7 Å². The van der Waals surface area contributed by atoms with Crippen molar-refractivity contribution in [3.63, 3.8) is 0 Å². The third-order valence-electron chi connectivity index (χ3n) is 3.81. The zero-order valence-corrected chi connectivity index (χ0v) is 13.8. The van der Waals surface area contributed by atoms with Gasteiger partial charge >= 0.3 is 5.97 Å². The van der Waals surface area contributed by atoms with Gasteiger partial charge in [0, 0.05) is 11.1 Å². The van der Waals surface area contributed by atoms with Gasteiger partial charge in [-0.05, 0) is 35.7 Å². The van der Waals surface area contributed by atoms with Crippen molar-refractivity contribution < 1.29 is 14.1 Å². The third-order valence-corrected chi connectivity index (χ3v) is 3.81. The first kappa shape index (κ1) is 15.9. The van der Waals surface area contributed by atoms with Gasteiger partial charge in [-0.1, -0.05) is 43.3 Å². The summed E-state index contributed by atoms with van der Waals surface area (Å²) < 4.78 is 10.0. The van der Waals surface area contributed by atoms with Crippen LogP contribution in [0.1, 0.15) is 35.7 Å². The molecule has 0 aliphatic heterocycles. The number of benzene rings is 2. The third kappa shape index (κ3) is 3.20. The second-order valence-electron chi connectivity index (χ2n) is 5.77. The van der Waals surface area contributed by atoms with E-state index >= 15 is 0 Å². The van der Waals surface area contributed by atoms with Gasteiger partial charge in [-0.2, -0.15) is 4.98 Å². The molecule has 2 aromatic carbocycles. The first-order chi connectivity index (χ1) is 11.6. The van der Waals surface area contributed by atoms with E-state index in [0.29, 0.717) is 23.2 Å². The number of methoxy groups -OCH3 is 1. The predicted molar refractivity (Wildman–Crippen MR) is 90.6 cm³/mol. The largest absolute Gasteiger partial charge is 0.465 e. The van der Waals surface area contributed by atoms with Crippen LogP contribution in [-0.2, 0) is 4.74 Å². The van der Waals surface area contributed by atoms with E-state index in [0.717, 1.165) is 11.1 Å². The molecule has 0 amide bonds. The Balaban J connectivity index is 1.83. The van der Waals surface area contributed by atoms with Gasteiger partial charge in [-0.3, -0.25) is 0 Å². The van der Waals surface area contributed by atoms with Crippen molar-refractivity contribution in [3.05, 3.63) is 59.7 Å². The van der Waals surface area contributed by atoms with Crippen LogP contribution in [0.5, 0.6) is 0 Å². The van der Waals surface area contributed by atoms with E-state index in [1.54, 1.807) is 24.3 Å². The molecular weight excluding hydrogens is 304 g/mol. The van der Waals surface area contributed by atoms with Crippen LogP contribution in [0.25, 0.3) is 22.8 Å². The Morgan fingerprint density at radius 1 is 1.00 bits per heavy atom. The highest BCUT2D eigenvalue weighted by atomic mass is 16.5. The minimum Gasteiger partial charge on any atom is -0.465 e. The van der Waals surface area contributed by atoms with E-state index in [4.69, 9.17) is 4.52 Å². The topological polar surface area (TPSA) is 65.2 Å². The molecule has 5 nitrogen and oxygen atoms in total. The van der Waals surface area contributed by atoms with Crippen LogP contribution < -0.4 is 0 Å². The van der Waals surface area contributed by atoms with Crippen molar-refractivity contribution in [3.8, 4) is 22.8 Å². The highest BCUT2D eigenvalue weighted by molar-refractivity contribution is 5.89. The minimum atomic E-state index is -0.374. The van der Waals surface area contributed by atoms with Crippen LogP contribution in [0.3, 0.4) is 0 Å². The van der Waals surface area contributed by atoms with Crippen molar-refractivity contribution >= 4 is 5.97 Å². The number of carbonyl (C=O) groups excluding carboxylic acids is 1. The highest BCUT2D eigenvalue weighted by Crippen LogP contribution is 2.24. The van der Waals surface area contributed by atoms with E-state index in [2.05, 4.69) is 40.9 Å². The molecule has 1 aromatic heterocycles. The molecule has 122 valence electrons. The fourth-order valence-corrected chi connectivity index (χ4v) is 2.34. The molecule has 0 bridgehead atoms. The number of aromatic nitrogens is 2. The van der Waals surface area contributed by atoms with Gasteiger partial charge in [0.15, 0.2) is 0 Å². The predicted octanol–water partition coefficient (Wildman–Crippen LogP) is 4.31. The number of carbonyl (C=O) groups is 1. The van der Waals surface area contributed by atoms with Crippen LogP contribution in [0, 0.1) is 0 Å². The van der Waals surface area contributed by atoms with Gasteiger partial charge in [-0.15, -0.1) is 0 Å². The van der Waals surface area contributed by atoms with Crippen molar-refractivity contribution in [2.45, 2.75) is 19.8 Å². The Bertz CT molecular complexity index is 834. The molecule has 3 rings (SSSR count). The number of hydrogen-bond donors (Lipinski definition) is 0. The fourth-order valence-electron chi connectivity index (χ4n) is 2.34. The molecule has 0 saturated heterocycles. The summed E-state index contributed by atoms with van der Waals surface area (Å²) in [5, 5.41) is 4.01. The molecule has 0 unspecified atom stereocenters. The van der Waals surface area contributed by atoms with E-state index in [1.165, 1.54) is 12.7 Å². The SMILES string of the molecule is COC(=O)c1ccc(-c2noc(-c3ccc(C(C)C)cc3)n2)cc1. The van der Waals surface area contributed by atoms with E-state index in [1.807, 2.05) is 12.1 Å². The summed E-state index contributed by atoms with van der Waals surface area (Å²) in [6.07, 6.45) is 0. The second-order valence-corrected chi connectivity index (χ2v) is 5.77. The number of esters is 1. The van der Waals surface area contributed by atoms with Gasteiger partial charge in [0.2, 0.25) is 5.82 Å². The first-order valence-corrected chi connectivity index (χ1v) is 7.71. The molecule has 0 saturated carbocycles. The molecule has 0 radical (unpaired) electrons. The maximum absolute atomic E-state index is 11.5. The van der Waals surface area contributed by atoms with Crippen molar-refractivity contribution in [1.82, 2.24) is 10.1 Å². The molecular formula is C19H18N2O3. The Morgan fingerprint density at radius 3 is 2.21 bits per heavy atom. The van der Waals surface area contributed by atoms with Crippen LogP contribution in [-0.4, -0.2) is 23.2 Å². The Kier molecular flexibility index (Phi) is 4.42. The van der Waals surface area contributed by atoms with Crippen LogP contribution in [0.4, 0.5) is 0 Å². The molecule has 0 N–H and O–H groups in total. The quantitative estimate of drug-likeness (QED) is 0.670. The summed E-state index contributed by atoms with van der Waals surface area (Å²) in [6.45, 7) is 4.30. The van der Waals surface area contributed by atoms with Crippen LogP contribution in [0.2, 0.25) is 0 Å². The monoisotopic (exact) mass is 322 g/mol. The molecule has 24 heavy (non-hydrogen) atoms. The lowest BCUT2D eigenvalue weighted by Crippen LogP contribution is -2.00. The Hall–Kier alpha value is -2.95. The lowest BCUT2D eigenvalue weighted by Gasteiger charge is -2.04. The summed E-state index contributed by atoms with van der Waals surface area (Å²) >= 11 is 0. The van der Waals surface area contributed by atoms with Crippen molar-refractivity contribution in [1.29, 1.82) is 0 Å². The average Bonchev–Trinajstić information content (AvgIpc) is 3.11. The summed E-state index contributed by atoms with van der Waals surface area (Å²) in [7, 11) is 1.35. The summed E-state index contributed by atoms with van der Waals surface area (Å²) in [5.41, 5.74) is 3.40. The first-order valence-electron chi connectivity index (χ1n) is 7.71. The second kappa shape index (κ2) is 6.66. The number of hydrogen-bond acceptors (Lipinski definition) is 5. The van der Waals surface area contributed by atoms with Crippen LogP contribution >= 0.6 is 0 Å². The molecule has 0 aliphatic carbocycles. The normalized spacial score (nSPS) is 10.8. The fraction of sp³-hybridized carbons (Fsp3) is 0.211.